The molecule has 1 atom stereocenters. The van der Waals surface area contributed by atoms with Gasteiger partial charge in [0.05, 0.1) is 0 Å². The molecule has 1 nitrogen and oxygen atoms in total. The van der Waals surface area contributed by atoms with Gasteiger partial charge in [-0.2, -0.15) is 0 Å². The van der Waals surface area contributed by atoms with Crippen LogP contribution < -0.4 is 5.73 Å². The van der Waals surface area contributed by atoms with Crippen molar-refractivity contribution < 1.29 is 4.39 Å². The molecule has 3 rings (SSSR count). The third kappa shape index (κ3) is 2.11. The lowest BCUT2D eigenvalue weighted by atomic mass is 9.69. The maximum atomic E-state index is 14.4. The van der Waals surface area contributed by atoms with Crippen LogP contribution in [0, 0.1) is 0 Å². The molecular weight excluding hydrogens is 213 g/mol. The quantitative estimate of drug-likeness (QED) is 0.833. The van der Waals surface area contributed by atoms with Gasteiger partial charge in [0.1, 0.15) is 5.67 Å². The molecule has 2 aliphatic carbocycles. The Labute approximate surface area is 102 Å². The van der Waals surface area contributed by atoms with Gasteiger partial charge >= 0.3 is 0 Å². The van der Waals surface area contributed by atoms with E-state index in [1.807, 2.05) is 0 Å². The molecule has 1 saturated carbocycles. The highest BCUT2D eigenvalue weighted by Crippen LogP contribution is 2.45. The fourth-order valence-electron chi connectivity index (χ4n) is 3.55. The third-order valence-electron chi connectivity index (χ3n) is 4.36. The second-order valence-electron chi connectivity index (χ2n) is 5.81. The molecule has 0 spiro atoms. The minimum atomic E-state index is -0.978. The Hall–Kier alpha value is -0.890. The largest absolute Gasteiger partial charge is 0.327 e. The molecule has 0 aromatic heterocycles. The summed E-state index contributed by atoms with van der Waals surface area (Å²) in [7, 11) is 0. The van der Waals surface area contributed by atoms with Gasteiger partial charge in [-0.3, -0.25) is 0 Å². The van der Waals surface area contributed by atoms with E-state index in [1.165, 1.54) is 17.5 Å². The van der Waals surface area contributed by atoms with E-state index in [1.54, 1.807) is 0 Å². The van der Waals surface area contributed by atoms with Crippen LogP contribution in [0.15, 0.2) is 24.3 Å². The van der Waals surface area contributed by atoms with E-state index in [0.29, 0.717) is 25.2 Å². The number of alkyl halides is 1. The molecule has 17 heavy (non-hydrogen) atoms. The van der Waals surface area contributed by atoms with Crippen LogP contribution in [0.3, 0.4) is 0 Å². The number of benzene rings is 1. The molecule has 2 heteroatoms. The number of halogens is 1. The predicted molar refractivity (Wildman–Crippen MR) is 67.8 cm³/mol. The van der Waals surface area contributed by atoms with Crippen molar-refractivity contribution in [1.82, 2.24) is 0 Å². The maximum Gasteiger partial charge on any atom is 0.114 e. The maximum absolute atomic E-state index is 14.4. The fourth-order valence-corrected chi connectivity index (χ4v) is 3.55. The number of hydrogen-bond acceptors (Lipinski definition) is 1. The molecule has 0 bridgehead atoms. The zero-order chi connectivity index (χ0) is 11.9. The average Bonchev–Trinajstić information content (AvgIpc) is 2.28. The highest BCUT2D eigenvalue weighted by molar-refractivity contribution is 5.33. The van der Waals surface area contributed by atoms with E-state index in [2.05, 4.69) is 24.3 Å². The number of hydrogen-bond donors (Lipinski definition) is 1. The van der Waals surface area contributed by atoms with Gasteiger partial charge in [0, 0.05) is 6.04 Å². The van der Waals surface area contributed by atoms with Gasteiger partial charge in [-0.25, -0.2) is 4.39 Å². The number of aryl methyl sites for hydroxylation is 1. The first-order chi connectivity index (χ1) is 8.16. The molecule has 0 heterocycles. The molecular formula is C15H20FN. The molecule has 0 radical (unpaired) electrons. The van der Waals surface area contributed by atoms with Gasteiger partial charge < -0.3 is 5.73 Å². The summed E-state index contributed by atoms with van der Waals surface area (Å²) in [6.45, 7) is 0. The van der Waals surface area contributed by atoms with Gasteiger partial charge in [-0.15, -0.1) is 0 Å². The molecule has 1 aromatic rings. The molecule has 1 fully saturated rings. The van der Waals surface area contributed by atoms with Crippen LogP contribution in [-0.2, 0) is 6.42 Å². The summed E-state index contributed by atoms with van der Waals surface area (Å²) < 4.78 is 14.4. The lowest BCUT2D eigenvalue weighted by molar-refractivity contribution is 0.0261. The Morgan fingerprint density at radius 3 is 2.82 bits per heavy atom. The highest BCUT2D eigenvalue weighted by Gasteiger charge is 2.44. The van der Waals surface area contributed by atoms with Crippen molar-refractivity contribution in [2.24, 2.45) is 5.73 Å². The smallest absolute Gasteiger partial charge is 0.114 e. The second-order valence-corrected chi connectivity index (χ2v) is 5.81. The van der Waals surface area contributed by atoms with Crippen LogP contribution >= 0.6 is 0 Å². The van der Waals surface area contributed by atoms with Gasteiger partial charge in [0.2, 0.25) is 0 Å². The number of rotatable bonds is 2. The minimum Gasteiger partial charge on any atom is -0.327 e. The van der Waals surface area contributed by atoms with E-state index in [0.717, 1.165) is 12.8 Å². The average molecular weight is 233 g/mol. The Bertz CT molecular complexity index is 409. The fraction of sp³-hybridized carbons (Fsp3) is 0.600. The molecule has 1 aromatic carbocycles. The lowest BCUT2D eigenvalue weighted by Gasteiger charge is -2.42. The van der Waals surface area contributed by atoms with Gasteiger partial charge in [-0.1, -0.05) is 24.3 Å². The molecule has 2 N–H and O–H groups in total. The molecule has 0 amide bonds. The SMILES string of the molecule is NC1CC(F)(CC2CCCc3ccccc32)C1. The Morgan fingerprint density at radius 1 is 1.29 bits per heavy atom. The van der Waals surface area contributed by atoms with Crippen molar-refractivity contribution in [2.45, 2.75) is 56.2 Å². The first-order valence-corrected chi connectivity index (χ1v) is 6.69. The van der Waals surface area contributed by atoms with Gasteiger partial charge in [0.15, 0.2) is 0 Å². The van der Waals surface area contributed by atoms with Crippen molar-refractivity contribution in [3.05, 3.63) is 35.4 Å². The van der Waals surface area contributed by atoms with E-state index in [9.17, 15) is 4.39 Å². The van der Waals surface area contributed by atoms with E-state index in [-0.39, 0.29) is 6.04 Å². The summed E-state index contributed by atoms with van der Waals surface area (Å²) >= 11 is 0. The standard InChI is InChI=1S/C15H20FN/c16-15(9-13(17)10-15)8-12-6-3-5-11-4-1-2-7-14(11)12/h1-2,4,7,12-13H,3,5-6,8-10,17H2. The van der Waals surface area contributed by atoms with Gasteiger partial charge in [0.25, 0.3) is 0 Å². The van der Waals surface area contributed by atoms with Crippen LogP contribution in [0.25, 0.3) is 0 Å². The first-order valence-electron chi connectivity index (χ1n) is 6.69. The monoisotopic (exact) mass is 233 g/mol. The summed E-state index contributed by atoms with van der Waals surface area (Å²) in [5, 5.41) is 0. The van der Waals surface area contributed by atoms with Crippen LogP contribution in [0.1, 0.15) is 49.1 Å². The van der Waals surface area contributed by atoms with Crippen molar-refractivity contribution in [1.29, 1.82) is 0 Å². The zero-order valence-corrected chi connectivity index (χ0v) is 10.2. The predicted octanol–water partition coefficient (Wildman–Crippen LogP) is 3.33. The molecule has 1 unspecified atom stereocenters. The molecule has 0 aliphatic heterocycles. The van der Waals surface area contributed by atoms with Crippen molar-refractivity contribution in [3.63, 3.8) is 0 Å². The Balaban J connectivity index is 1.77. The Kier molecular flexibility index (Phi) is 2.70. The Morgan fingerprint density at radius 2 is 2.06 bits per heavy atom. The summed E-state index contributed by atoms with van der Waals surface area (Å²) in [5.41, 5.74) is 7.55. The minimum absolute atomic E-state index is 0.0961. The summed E-state index contributed by atoms with van der Waals surface area (Å²) in [6.07, 6.45) is 5.29. The second kappa shape index (κ2) is 4.09. The number of nitrogens with two attached hydrogens (primary N) is 1. The van der Waals surface area contributed by atoms with E-state index >= 15 is 0 Å². The summed E-state index contributed by atoms with van der Waals surface area (Å²) in [4.78, 5) is 0. The van der Waals surface area contributed by atoms with E-state index in [4.69, 9.17) is 5.73 Å². The van der Waals surface area contributed by atoms with Crippen LogP contribution in [-0.4, -0.2) is 11.7 Å². The normalized spacial score (nSPS) is 36.1. The van der Waals surface area contributed by atoms with Crippen molar-refractivity contribution >= 4 is 0 Å². The van der Waals surface area contributed by atoms with Crippen LogP contribution in [0.5, 0.6) is 0 Å². The molecule has 2 aliphatic rings. The van der Waals surface area contributed by atoms with Crippen LogP contribution in [0.2, 0.25) is 0 Å². The topological polar surface area (TPSA) is 26.0 Å². The molecule has 92 valence electrons. The highest BCUT2D eigenvalue weighted by atomic mass is 19.1. The van der Waals surface area contributed by atoms with Crippen LogP contribution in [0.4, 0.5) is 4.39 Å². The number of fused-ring (bicyclic) bond motifs is 1. The van der Waals surface area contributed by atoms with Crippen molar-refractivity contribution in [3.8, 4) is 0 Å². The van der Waals surface area contributed by atoms with Gasteiger partial charge in [-0.05, 0) is 55.6 Å². The third-order valence-corrected chi connectivity index (χ3v) is 4.36. The summed E-state index contributed by atoms with van der Waals surface area (Å²) in [5.74, 6) is 0.414. The van der Waals surface area contributed by atoms with E-state index < -0.39 is 5.67 Å². The molecule has 0 saturated heterocycles. The lowest BCUT2D eigenvalue weighted by Crippen LogP contribution is -2.49. The summed E-state index contributed by atoms with van der Waals surface area (Å²) in [6, 6.07) is 8.64. The van der Waals surface area contributed by atoms with Crippen molar-refractivity contribution in [2.75, 3.05) is 0 Å². The zero-order valence-electron chi connectivity index (χ0n) is 10.2. The first kappa shape index (κ1) is 11.2.